The van der Waals surface area contributed by atoms with Crippen molar-refractivity contribution in [1.29, 1.82) is 0 Å². The van der Waals surface area contributed by atoms with Crippen molar-refractivity contribution in [1.82, 2.24) is 5.32 Å². The van der Waals surface area contributed by atoms with E-state index in [1.807, 2.05) is 18.2 Å². The van der Waals surface area contributed by atoms with Crippen molar-refractivity contribution in [2.24, 2.45) is 0 Å². The number of hydrogen-bond acceptors (Lipinski definition) is 2. The largest absolute Gasteiger partial charge is 0.393 e. The first-order valence-corrected chi connectivity index (χ1v) is 6.51. The first-order valence-electron chi connectivity index (χ1n) is 5.34. The molecular weight excluding hydrogens is 289 g/mol. The molecule has 0 fully saturated rings. The monoisotopic (exact) mass is 305 g/mol. The van der Waals surface area contributed by atoms with Crippen molar-refractivity contribution >= 4 is 27.5 Å². The maximum absolute atomic E-state index is 9.24. The smallest absolute Gasteiger partial charge is 0.0548 e. The van der Waals surface area contributed by atoms with Crippen LogP contribution < -0.4 is 5.32 Å². The van der Waals surface area contributed by atoms with Crippen LogP contribution in [0.1, 0.15) is 25.8 Å². The predicted molar refractivity (Wildman–Crippen MR) is 71.8 cm³/mol. The first-order chi connectivity index (χ1) is 7.49. The van der Waals surface area contributed by atoms with E-state index in [1.165, 1.54) is 5.56 Å². The Labute approximate surface area is 110 Å². The number of halogens is 2. The van der Waals surface area contributed by atoms with Gasteiger partial charge in [0.05, 0.1) is 11.1 Å². The van der Waals surface area contributed by atoms with Crippen LogP contribution in [-0.2, 0) is 6.54 Å². The molecule has 0 aliphatic heterocycles. The van der Waals surface area contributed by atoms with E-state index in [2.05, 4.69) is 28.2 Å². The van der Waals surface area contributed by atoms with E-state index < -0.39 is 0 Å². The van der Waals surface area contributed by atoms with E-state index in [0.29, 0.717) is 6.04 Å². The molecular formula is C12H17BrClNO. The molecule has 2 N–H and O–H groups in total. The second kappa shape index (κ2) is 6.60. The predicted octanol–water partition coefficient (Wildman–Crippen LogP) is 3.35. The molecule has 1 rings (SSSR count). The van der Waals surface area contributed by atoms with E-state index in [-0.39, 0.29) is 6.10 Å². The Balaban J connectivity index is 2.45. The average molecular weight is 307 g/mol. The van der Waals surface area contributed by atoms with Crippen LogP contribution in [0.15, 0.2) is 22.7 Å². The lowest BCUT2D eigenvalue weighted by molar-refractivity contribution is 0.170. The summed E-state index contributed by atoms with van der Waals surface area (Å²) in [5.41, 5.74) is 1.17. The molecule has 2 nitrogen and oxygen atoms in total. The Morgan fingerprint density at radius 3 is 2.69 bits per heavy atom. The quantitative estimate of drug-likeness (QED) is 0.874. The third-order valence-corrected chi connectivity index (χ3v) is 3.55. The van der Waals surface area contributed by atoms with Gasteiger partial charge in [0.15, 0.2) is 0 Å². The Hall–Kier alpha value is -0.0900. The molecule has 0 aliphatic carbocycles. The summed E-state index contributed by atoms with van der Waals surface area (Å²) in [6.45, 7) is 4.65. The molecule has 90 valence electrons. The van der Waals surface area contributed by atoms with Gasteiger partial charge in [0.2, 0.25) is 0 Å². The molecule has 4 heteroatoms. The second-order valence-electron chi connectivity index (χ2n) is 4.12. The maximum Gasteiger partial charge on any atom is 0.0548 e. The van der Waals surface area contributed by atoms with E-state index >= 15 is 0 Å². The number of benzene rings is 1. The van der Waals surface area contributed by atoms with Crippen molar-refractivity contribution in [3.05, 3.63) is 33.3 Å². The Morgan fingerprint density at radius 1 is 1.44 bits per heavy atom. The molecule has 16 heavy (non-hydrogen) atoms. The van der Waals surface area contributed by atoms with Gasteiger partial charge in [0.25, 0.3) is 0 Å². The summed E-state index contributed by atoms with van der Waals surface area (Å²) in [5.74, 6) is 0. The van der Waals surface area contributed by atoms with E-state index in [4.69, 9.17) is 11.6 Å². The highest BCUT2D eigenvalue weighted by atomic mass is 79.9. The molecule has 0 radical (unpaired) electrons. The van der Waals surface area contributed by atoms with Crippen molar-refractivity contribution in [3.63, 3.8) is 0 Å². The Morgan fingerprint density at radius 2 is 2.12 bits per heavy atom. The highest BCUT2D eigenvalue weighted by Gasteiger charge is 2.06. The number of aliphatic hydroxyl groups excluding tert-OH is 1. The molecule has 0 aromatic heterocycles. The lowest BCUT2D eigenvalue weighted by Gasteiger charge is -2.15. The summed E-state index contributed by atoms with van der Waals surface area (Å²) in [6.07, 6.45) is 0.494. The summed E-state index contributed by atoms with van der Waals surface area (Å²) in [4.78, 5) is 0. The third-order valence-electron chi connectivity index (χ3n) is 2.33. The molecule has 0 aliphatic rings. The van der Waals surface area contributed by atoms with Gasteiger partial charge in [-0.25, -0.2) is 0 Å². The molecule has 2 atom stereocenters. The van der Waals surface area contributed by atoms with Gasteiger partial charge in [0.1, 0.15) is 0 Å². The van der Waals surface area contributed by atoms with Gasteiger partial charge in [-0.3, -0.25) is 0 Å². The fourth-order valence-electron chi connectivity index (χ4n) is 1.54. The highest BCUT2D eigenvalue weighted by Crippen LogP contribution is 2.23. The maximum atomic E-state index is 9.24. The Bertz CT molecular complexity index is 344. The second-order valence-corrected chi connectivity index (χ2v) is 5.38. The Kier molecular flexibility index (Phi) is 5.76. The van der Waals surface area contributed by atoms with E-state index in [9.17, 15) is 5.11 Å². The minimum Gasteiger partial charge on any atom is -0.393 e. The number of rotatable bonds is 5. The summed E-state index contributed by atoms with van der Waals surface area (Å²) in [6, 6.07) is 6.18. The van der Waals surface area contributed by atoms with Crippen LogP contribution in [-0.4, -0.2) is 17.3 Å². The molecule has 0 heterocycles. The molecule has 0 saturated carbocycles. The van der Waals surface area contributed by atoms with Crippen molar-refractivity contribution < 1.29 is 5.11 Å². The zero-order valence-corrected chi connectivity index (χ0v) is 11.8. The fourth-order valence-corrected chi connectivity index (χ4v) is 2.08. The summed E-state index contributed by atoms with van der Waals surface area (Å²) >= 11 is 9.31. The van der Waals surface area contributed by atoms with Gasteiger partial charge in [-0.15, -0.1) is 0 Å². The zero-order chi connectivity index (χ0) is 12.1. The van der Waals surface area contributed by atoms with E-state index in [1.54, 1.807) is 6.92 Å². The van der Waals surface area contributed by atoms with Crippen LogP contribution in [0.25, 0.3) is 0 Å². The van der Waals surface area contributed by atoms with Crippen LogP contribution in [0.2, 0.25) is 5.02 Å². The molecule has 0 spiro atoms. The molecule has 1 aromatic carbocycles. The van der Waals surface area contributed by atoms with Crippen molar-refractivity contribution in [3.8, 4) is 0 Å². The minimum absolute atomic E-state index is 0.264. The van der Waals surface area contributed by atoms with Gasteiger partial charge in [-0.1, -0.05) is 17.7 Å². The van der Waals surface area contributed by atoms with Crippen LogP contribution in [0, 0.1) is 0 Å². The topological polar surface area (TPSA) is 32.3 Å². The lowest BCUT2D eigenvalue weighted by Crippen LogP contribution is -2.28. The van der Waals surface area contributed by atoms with Crippen LogP contribution in [0.5, 0.6) is 0 Å². The fraction of sp³-hybridized carbons (Fsp3) is 0.500. The van der Waals surface area contributed by atoms with Crippen molar-refractivity contribution in [2.75, 3.05) is 0 Å². The number of aliphatic hydroxyl groups is 1. The molecule has 0 saturated heterocycles. The molecule has 0 bridgehead atoms. The van der Waals surface area contributed by atoms with Crippen molar-refractivity contribution in [2.45, 2.75) is 39.0 Å². The molecule has 0 amide bonds. The summed E-state index contributed by atoms with van der Waals surface area (Å²) in [7, 11) is 0. The van der Waals surface area contributed by atoms with Crippen LogP contribution in [0.4, 0.5) is 0 Å². The van der Waals surface area contributed by atoms with Gasteiger partial charge in [-0.05, 0) is 53.9 Å². The summed E-state index contributed by atoms with van der Waals surface area (Å²) in [5, 5.41) is 13.3. The number of hydrogen-bond donors (Lipinski definition) is 2. The van der Waals surface area contributed by atoms with Gasteiger partial charge in [0, 0.05) is 17.1 Å². The van der Waals surface area contributed by atoms with Crippen LogP contribution >= 0.6 is 27.5 Å². The third kappa shape index (κ3) is 4.83. The molecule has 1 aromatic rings. The van der Waals surface area contributed by atoms with Gasteiger partial charge in [-0.2, -0.15) is 0 Å². The zero-order valence-electron chi connectivity index (χ0n) is 9.50. The highest BCUT2D eigenvalue weighted by molar-refractivity contribution is 9.10. The lowest BCUT2D eigenvalue weighted by atomic mass is 10.1. The van der Waals surface area contributed by atoms with Gasteiger partial charge < -0.3 is 10.4 Å². The number of nitrogens with one attached hydrogen (secondary N) is 1. The normalized spacial score (nSPS) is 14.8. The average Bonchev–Trinajstić information content (AvgIpc) is 2.19. The SMILES string of the molecule is CC(O)CC(C)NCc1ccc(Cl)c(Br)c1. The first kappa shape index (κ1) is 14.0. The summed E-state index contributed by atoms with van der Waals surface area (Å²) < 4.78 is 0.914. The van der Waals surface area contributed by atoms with Crippen LogP contribution in [0.3, 0.4) is 0 Å². The van der Waals surface area contributed by atoms with Gasteiger partial charge >= 0.3 is 0 Å². The minimum atomic E-state index is -0.264. The molecule has 2 unspecified atom stereocenters. The van der Waals surface area contributed by atoms with E-state index in [0.717, 1.165) is 22.5 Å². The standard InChI is InChI=1S/C12H17BrClNO/c1-8(5-9(2)16)15-7-10-3-4-12(14)11(13)6-10/h3-4,6,8-9,15-16H,5,7H2,1-2H3.